The van der Waals surface area contributed by atoms with Crippen LogP contribution in [0.1, 0.15) is 63.0 Å². The smallest absolute Gasteiger partial charge is 0.302 e. The zero-order valence-electron chi connectivity index (χ0n) is 14.3. The molecule has 3 nitrogen and oxygen atoms in total. The van der Waals surface area contributed by atoms with Crippen LogP contribution >= 0.6 is 15.9 Å². The number of carbonyl (C=O) groups is 1. The van der Waals surface area contributed by atoms with Crippen molar-refractivity contribution in [3.05, 3.63) is 27.7 Å². The maximum atomic E-state index is 11.5. The molecule has 0 heterocycles. The van der Waals surface area contributed by atoms with Crippen LogP contribution in [0, 0.1) is 17.3 Å². The van der Waals surface area contributed by atoms with E-state index in [0.29, 0.717) is 23.5 Å². The van der Waals surface area contributed by atoms with Gasteiger partial charge in [-0.25, -0.2) is 0 Å². The minimum absolute atomic E-state index is 0.0916. The maximum Gasteiger partial charge on any atom is 0.302 e. The Bertz CT molecular complexity index is 686. The Morgan fingerprint density at radius 1 is 1.29 bits per heavy atom. The number of rotatable bonds is 1. The molecule has 0 saturated heterocycles. The summed E-state index contributed by atoms with van der Waals surface area (Å²) in [6.45, 7) is 3.87. The van der Waals surface area contributed by atoms with Crippen LogP contribution in [0.5, 0.6) is 5.75 Å². The van der Waals surface area contributed by atoms with E-state index in [1.54, 1.807) is 0 Å². The van der Waals surface area contributed by atoms with Gasteiger partial charge in [-0.2, -0.15) is 0 Å². The van der Waals surface area contributed by atoms with E-state index < -0.39 is 0 Å². The zero-order valence-corrected chi connectivity index (χ0v) is 15.9. The molecule has 1 N–H and O–H groups in total. The van der Waals surface area contributed by atoms with Crippen LogP contribution in [0.2, 0.25) is 0 Å². The Kier molecular flexibility index (Phi) is 3.94. The van der Waals surface area contributed by atoms with E-state index in [9.17, 15) is 9.90 Å². The number of hydrogen-bond acceptors (Lipinski definition) is 3. The number of ether oxygens (including phenoxy) is 1. The van der Waals surface area contributed by atoms with Crippen LogP contribution in [-0.2, 0) is 16.0 Å². The van der Waals surface area contributed by atoms with Gasteiger partial charge in [0, 0.05) is 12.3 Å². The van der Waals surface area contributed by atoms with Crippen molar-refractivity contribution in [3.8, 4) is 5.75 Å². The summed E-state index contributed by atoms with van der Waals surface area (Å²) >= 11 is 3.49. The Hall–Kier alpha value is -1.03. The lowest BCUT2D eigenvalue weighted by Crippen LogP contribution is -2.45. The number of esters is 1. The number of benzene rings is 1. The van der Waals surface area contributed by atoms with Crippen molar-refractivity contribution < 1.29 is 14.6 Å². The van der Waals surface area contributed by atoms with Crippen molar-refractivity contribution in [3.63, 3.8) is 0 Å². The molecule has 0 bridgehead atoms. The van der Waals surface area contributed by atoms with Crippen molar-refractivity contribution in [2.24, 2.45) is 17.3 Å². The van der Waals surface area contributed by atoms with E-state index >= 15 is 0 Å². The third-order valence-corrected chi connectivity index (χ3v) is 7.65. The van der Waals surface area contributed by atoms with Gasteiger partial charge in [-0.1, -0.05) is 6.92 Å². The molecular weight excluding hydrogens is 368 g/mol. The van der Waals surface area contributed by atoms with E-state index in [2.05, 4.69) is 28.9 Å². The Balaban J connectivity index is 1.65. The highest BCUT2D eigenvalue weighted by atomic mass is 79.9. The molecule has 5 atom stereocenters. The number of phenols is 1. The first kappa shape index (κ1) is 16.4. The summed E-state index contributed by atoms with van der Waals surface area (Å²) in [7, 11) is 0. The third-order valence-electron chi connectivity index (χ3n) is 7.01. The molecule has 2 saturated carbocycles. The number of aromatic hydroxyl groups is 1. The van der Waals surface area contributed by atoms with Gasteiger partial charge in [-0.3, -0.25) is 4.79 Å². The SMILES string of the molecule is CC(=O)O[C@H]1CC[C@H]2[C@@H]3CCc4cc(O)c(Br)cc4[C@H]3CC[C@]12C. The summed E-state index contributed by atoms with van der Waals surface area (Å²) in [5, 5.41) is 9.99. The van der Waals surface area contributed by atoms with E-state index in [-0.39, 0.29) is 17.5 Å². The molecule has 4 heteroatoms. The molecule has 0 spiro atoms. The summed E-state index contributed by atoms with van der Waals surface area (Å²) in [6.07, 6.45) is 6.77. The fourth-order valence-electron chi connectivity index (χ4n) is 5.93. The van der Waals surface area contributed by atoms with Crippen molar-refractivity contribution in [2.75, 3.05) is 0 Å². The van der Waals surface area contributed by atoms with Gasteiger partial charge in [-0.15, -0.1) is 0 Å². The number of aryl methyl sites for hydroxylation is 1. The van der Waals surface area contributed by atoms with Crippen LogP contribution in [0.3, 0.4) is 0 Å². The number of phenolic OH excluding ortho intramolecular Hbond substituents is 1. The van der Waals surface area contributed by atoms with Crippen molar-refractivity contribution in [2.45, 2.75) is 64.4 Å². The summed E-state index contributed by atoms with van der Waals surface area (Å²) in [6, 6.07) is 4.09. The second kappa shape index (κ2) is 5.76. The second-order valence-corrected chi connectivity index (χ2v) is 8.99. The van der Waals surface area contributed by atoms with Gasteiger partial charge in [0.15, 0.2) is 0 Å². The molecule has 1 aromatic carbocycles. The Morgan fingerprint density at radius 3 is 2.83 bits per heavy atom. The largest absolute Gasteiger partial charge is 0.507 e. The first-order valence-electron chi connectivity index (χ1n) is 9.08. The first-order valence-corrected chi connectivity index (χ1v) is 9.88. The molecule has 0 amide bonds. The van der Waals surface area contributed by atoms with Gasteiger partial charge in [0.05, 0.1) is 4.47 Å². The highest BCUT2D eigenvalue weighted by Crippen LogP contribution is 2.61. The molecule has 4 rings (SSSR count). The Labute approximate surface area is 151 Å². The topological polar surface area (TPSA) is 46.5 Å². The molecule has 0 radical (unpaired) electrons. The minimum atomic E-state index is -0.141. The van der Waals surface area contributed by atoms with Gasteiger partial charge < -0.3 is 9.84 Å². The molecule has 2 fully saturated rings. The zero-order chi connectivity index (χ0) is 17.1. The van der Waals surface area contributed by atoms with Gasteiger partial charge in [0.2, 0.25) is 0 Å². The fourth-order valence-corrected chi connectivity index (χ4v) is 6.29. The van der Waals surface area contributed by atoms with Crippen LogP contribution in [0.25, 0.3) is 0 Å². The maximum absolute atomic E-state index is 11.5. The molecule has 1 aromatic rings. The van der Waals surface area contributed by atoms with E-state index in [4.69, 9.17) is 4.74 Å². The van der Waals surface area contributed by atoms with Crippen molar-refractivity contribution in [1.82, 2.24) is 0 Å². The molecule has 0 aromatic heterocycles. The molecular formula is C20H25BrO3. The number of carbonyl (C=O) groups excluding carboxylic acids is 1. The summed E-state index contributed by atoms with van der Waals surface area (Å²) in [5.74, 6) is 2.11. The number of hydrogen-bond donors (Lipinski definition) is 1. The predicted octanol–water partition coefficient (Wildman–Crippen LogP) is 4.94. The van der Waals surface area contributed by atoms with Gasteiger partial charge in [0.25, 0.3) is 0 Å². The standard InChI is InChI=1S/C20H25BrO3/c1-11(22)24-19-6-5-16-14-4-3-12-9-18(23)17(21)10-15(12)13(14)7-8-20(16,19)2/h9-10,13-14,16,19,23H,3-8H2,1-2H3/t13-,14+,16-,19-,20-/m0/s1. The van der Waals surface area contributed by atoms with E-state index in [1.165, 1.54) is 30.9 Å². The van der Waals surface area contributed by atoms with Crippen LogP contribution in [-0.4, -0.2) is 17.2 Å². The summed E-state index contributed by atoms with van der Waals surface area (Å²) in [5.41, 5.74) is 2.88. The highest BCUT2D eigenvalue weighted by Gasteiger charge is 2.56. The average molecular weight is 393 g/mol. The minimum Gasteiger partial charge on any atom is -0.507 e. The molecule has 24 heavy (non-hydrogen) atoms. The van der Waals surface area contributed by atoms with Gasteiger partial charge in [0.1, 0.15) is 11.9 Å². The molecule has 0 unspecified atom stereocenters. The summed E-state index contributed by atoms with van der Waals surface area (Å²) < 4.78 is 6.49. The molecule has 0 aliphatic heterocycles. The Morgan fingerprint density at radius 2 is 2.08 bits per heavy atom. The van der Waals surface area contributed by atoms with Gasteiger partial charge in [-0.05, 0) is 95.5 Å². The van der Waals surface area contributed by atoms with Crippen molar-refractivity contribution >= 4 is 21.9 Å². The first-order chi connectivity index (χ1) is 11.4. The van der Waals surface area contributed by atoms with Crippen LogP contribution in [0.15, 0.2) is 16.6 Å². The lowest BCUT2D eigenvalue weighted by molar-refractivity contribution is -0.154. The number of fused-ring (bicyclic) bond motifs is 5. The fraction of sp³-hybridized carbons (Fsp3) is 0.650. The van der Waals surface area contributed by atoms with Crippen LogP contribution in [0.4, 0.5) is 0 Å². The molecule has 130 valence electrons. The van der Waals surface area contributed by atoms with Crippen molar-refractivity contribution in [1.29, 1.82) is 0 Å². The van der Waals surface area contributed by atoms with E-state index in [0.717, 1.165) is 30.2 Å². The third kappa shape index (κ3) is 2.40. The summed E-state index contributed by atoms with van der Waals surface area (Å²) in [4.78, 5) is 11.5. The average Bonchev–Trinajstić information content (AvgIpc) is 2.85. The van der Waals surface area contributed by atoms with E-state index in [1.807, 2.05) is 6.07 Å². The van der Waals surface area contributed by atoms with Crippen LogP contribution < -0.4 is 0 Å². The highest BCUT2D eigenvalue weighted by molar-refractivity contribution is 9.10. The lowest BCUT2D eigenvalue weighted by Gasteiger charge is -2.50. The quantitative estimate of drug-likeness (QED) is 0.688. The number of halogens is 1. The monoisotopic (exact) mass is 392 g/mol. The second-order valence-electron chi connectivity index (χ2n) is 8.14. The molecule has 3 aliphatic rings. The molecule has 3 aliphatic carbocycles. The van der Waals surface area contributed by atoms with Gasteiger partial charge >= 0.3 is 5.97 Å². The lowest BCUT2D eigenvalue weighted by atomic mass is 9.55. The normalized spacial score (nSPS) is 37.3. The predicted molar refractivity (Wildman–Crippen MR) is 96.0 cm³/mol.